The predicted molar refractivity (Wildman–Crippen MR) is 96.9 cm³/mol. The number of barbiturate groups is 1. The molecule has 2 heterocycles. The fourth-order valence-corrected chi connectivity index (χ4v) is 2.90. The van der Waals surface area contributed by atoms with Crippen LogP contribution in [0.1, 0.15) is 5.76 Å². The fraction of sp³-hybridized carbons (Fsp3) is 0. The molecule has 0 saturated carbocycles. The van der Waals surface area contributed by atoms with E-state index in [9.17, 15) is 14.4 Å². The Bertz CT molecular complexity index is 907. The molecular weight excluding hydrogens is 470 g/mol. The van der Waals surface area contributed by atoms with Gasteiger partial charge in [-0.1, -0.05) is 29.3 Å². The second kappa shape index (κ2) is 6.58. The zero-order valence-electron chi connectivity index (χ0n) is 11.7. The summed E-state index contributed by atoms with van der Waals surface area (Å²) >= 11 is 14.0. The van der Waals surface area contributed by atoms with Crippen molar-refractivity contribution < 1.29 is 18.8 Å². The molecule has 122 valence electrons. The van der Waals surface area contributed by atoms with E-state index in [4.69, 9.17) is 27.6 Å². The van der Waals surface area contributed by atoms with E-state index in [-0.39, 0.29) is 21.3 Å². The van der Waals surface area contributed by atoms with Gasteiger partial charge in [0.05, 0.1) is 15.7 Å². The molecule has 1 fully saturated rings. The van der Waals surface area contributed by atoms with Crippen molar-refractivity contribution in [1.82, 2.24) is 5.32 Å². The first-order valence-corrected chi connectivity index (χ1v) is 8.33. The Hall–Kier alpha value is -1.84. The van der Waals surface area contributed by atoms with Crippen molar-refractivity contribution in [2.75, 3.05) is 4.90 Å². The molecule has 1 aromatic carbocycles. The van der Waals surface area contributed by atoms with Crippen LogP contribution in [0.3, 0.4) is 0 Å². The number of nitrogens with zero attached hydrogens (tertiary/aromatic N) is 1. The smallest absolute Gasteiger partial charge is 0.336 e. The highest BCUT2D eigenvalue weighted by molar-refractivity contribution is 14.1. The summed E-state index contributed by atoms with van der Waals surface area (Å²) in [6, 6.07) is 6.89. The molecule has 1 aliphatic rings. The number of rotatable bonds is 2. The van der Waals surface area contributed by atoms with Gasteiger partial charge in [-0.05, 0) is 52.9 Å². The molecule has 6 nitrogen and oxygen atoms in total. The maximum atomic E-state index is 12.7. The third-order valence-corrected chi connectivity index (χ3v) is 4.54. The van der Waals surface area contributed by atoms with Crippen LogP contribution in [0.2, 0.25) is 10.0 Å². The third-order valence-electron chi connectivity index (χ3n) is 3.15. The number of furan rings is 1. The minimum Gasteiger partial charge on any atom is -0.451 e. The molecule has 3 rings (SSSR count). The summed E-state index contributed by atoms with van der Waals surface area (Å²) < 4.78 is 5.91. The predicted octanol–water partition coefficient (Wildman–Crippen LogP) is 3.86. The lowest BCUT2D eigenvalue weighted by molar-refractivity contribution is -0.122. The number of hydrogen-bond acceptors (Lipinski definition) is 4. The van der Waals surface area contributed by atoms with Crippen molar-refractivity contribution in [1.29, 1.82) is 0 Å². The summed E-state index contributed by atoms with van der Waals surface area (Å²) in [6.45, 7) is 0. The van der Waals surface area contributed by atoms with Crippen LogP contribution >= 0.6 is 45.8 Å². The standard InChI is InChI=1S/C15H7Cl2IN2O4/c16-9-2-1-3-10(12(9)17)20-14(22)8(13(21)19-15(20)23)6-7-4-5-11(18)24-7/h1-6H,(H,19,21,23)/b8-6-. The van der Waals surface area contributed by atoms with Gasteiger partial charge in [-0.25, -0.2) is 9.69 Å². The number of nitrogens with one attached hydrogen (secondary N) is 1. The molecule has 9 heteroatoms. The van der Waals surface area contributed by atoms with E-state index in [0.29, 0.717) is 9.53 Å². The number of halogens is 3. The lowest BCUT2D eigenvalue weighted by Gasteiger charge is -2.27. The maximum Gasteiger partial charge on any atom is 0.336 e. The Morgan fingerprint density at radius 3 is 2.54 bits per heavy atom. The van der Waals surface area contributed by atoms with Crippen LogP contribution < -0.4 is 10.2 Å². The molecule has 2 aromatic rings. The van der Waals surface area contributed by atoms with E-state index in [2.05, 4.69) is 5.32 Å². The lowest BCUT2D eigenvalue weighted by Crippen LogP contribution is -2.54. The van der Waals surface area contributed by atoms with Crippen LogP contribution in [0.25, 0.3) is 6.08 Å². The van der Waals surface area contributed by atoms with Crippen LogP contribution in [0.15, 0.2) is 40.3 Å². The topological polar surface area (TPSA) is 79.6 Å². The first kappa shape index (κ1) is 17.0. The molecule has 0 radical (unpaired) electrons. The molecule has 0 bridgehead atoms. The normalized spacial score (nSPS) is 16.7. The zero-order chi connectivity index (χ0) is 17.4. The van der Waals surface area contributed by atoms with E-state index in [0.717, 1.165) is 4.90 Å². The molecule has 0 unspecified atom stereocenters. The van der Waals surface area contributed by atoms with Crippen molar-refractivity contribution in [2.24, 2.45) is 0 Å². The molecule has 24 heavy (non-hydrogen) atoms. The molecule has 0 atom stereocenters. The van der Waals surface area contributed by atoms with E-state index in [1.54, 1.807) is 18.2 Å². The van der Waals surface area contributed by atoms with Gasteiger partial charge in [0.1, 0.15) is 11.3 Å². The highest BCUT2D eigenvalue weighted by Gasteiger charge is 2.38. The molecule has 4 amide bonds. The minimum absolute atomic E-state index is 0.0314. The van der Waals surface area contributed by atoms with E-state index in [1.165, 1.54) is 18.2 Å². The van der Waals surface area contributed by atoms with E-state index >= 15 is 0 Å². The Balaban J connectivity index is 2.06. The molecule has 1 aliphatic heterocycles. The number of anilines is 1. The number of urea groups is 1. The van der Waals surface area contributed by atoms with Gasteiger partial charge < -0.3 is 4.42 Å². The Morgan fingerprint density at radius 1 is 1.12 bits per heavy atom. The monoisotopic (exact) mass is 476 g/mol. The number of hydrogen-bond donors (Lipinski definition) is 1. The van der Waals surface area contributed by atoms with Gasteiger partial charge in [0.25, 0.3) is 11.8 Å². The Morgan fingerprint density at radius 2 is 1.88 bits per heavy atom. The number of imide groups is 2. The van der Waals surface area contributed by atoms with Crippen LogP contribution in [-0.2, 0) is 9.59 Å². The van der Waals surface area contributed by atoms with Gasteiger partial charge in [-0.15, -0.1) is 0 Å². The van der Waals surface area contributed by atoms with Gasteiger partial charge in [0.15, 0.2) is 3.77 Å². The number of carbonyl (C=O) groups excluding carboxylic acids is 3. The summed E-state index contributed by atoms with van der Waals surface area (Å²) in [5.41, 5.74) is -0.171. The van der Waals surface area contributed by atoms with E-state index in [1.807, 2.05) is 22.6 Å². The van der Waals surface area contributed by atoms with E-state index < -0.39 is 17.8 Å². The second-order valence-corrected chi connectivity index (χ2v) is 6.52. The van der Waals surface area contributed by atoms with Crippen LogP contribution in [0.4, 0.5) is 10.5 Å². The first-order chi connectivity index (χ1) is 11.4. The van der Waals surface area contributed by atoms with Gasteiger partial charge >= 0.3 is 6.03 Å². The van der Waals surface area contributed by atoms with Crippen LogP contribution in [-0.4, -0.2) is 17.8 Å². The van der Waals surface area contributed by atoms with Crippen LogP contribution in [0.5, 0.6) is 0 Å². The van der Waals surface area contributed by atoms with Crippen LogP contribution in [0, 0.1) is 3.77 Å². The molecule has 0 spiro atoms. The number of carbonyl (C=O) groups is 3. The number of benzene rings is 1. The largest absolute Gasteiger partial charge is 0.451 e. The summed E-state index contributed by atoms with van der Waals surface area (Å²) in [7, 11) is 0. The zero-order valence-corrected chi connectivity index (χ0v) is 15.3. The number of amides is 4. The summed E-state index contributed by atoms with van der Waals surface area (Å²) in [6.07, 6.45) is 1.26. The van der Waals surface area contributed by atoms with Crippen molar-refractivity contribution >= 4 is 75.4 Å². The highest BCUT2D eigenvalue weighted by Crippen LogP contribution is 2.34. The maximum absolute atomic E-state index is 12.7. The SMILES string of the molecule is O=C1NC(=O)N(c2cccc(Cl)c2Cl)C(=O)/C1=C\c1ccc(I)o1. The third kappa shape index (κ3) is 3.06. The van der Waals surface area contributed by atoms with Gasteiger partial charge in [-0.3, -0.25) is 14.9 Å². The first-order valence-electron chi connectivity index (χ1n) is 6.49. The Kier molecular flexibility index (Phi) is 4.66. The van der Waals surface area contributed by atoms with Gasteiger partial charge in [0.2, 0.25) is 0 Å². The quantitative estimate of drug-likeness (QED) is 0.405. The minimum atomic E-state index is -0.902. The van der Waals surface area contributed by atoms with Crippen molar-refractivity contribution in [3.63, 3.8) is 0 Å². The molecular formula is C15H7Cl2IN2O4. The molecule has 1 saturated heterocycles. The molecule has 0 aliphatic carbocycles. The molecule has 1 N–H and O–H groups in total. The molecule has 1 aromatic heterocycles. The van der Waals surface area contributed by atoms with Gasteiger partial charge in [0, 0.05) is 0 Å². The second-order valence-electron chi connectivity index (χ2n) is 4.67. The Labute approximate surface area is 159 Å². The van der Waals surface area contributed by atoms with Gasteiger partial charge in [-0.2, -0.15) is 0 Å². The summed E-state index contributed by atoms with van der Waals surface area (Å²) in [5.74, 6) is -1.32. The fourth-order valence-electron chi connectivity index (χ4n) is 2.09. The highest BCUT2D eigenvalue weighted by atomic mass is 127. The average Bonchev–Trinajstić information content (AvgIpc) is 2.93. The lowest BCUT2D eigenvalue weighted by atomic mass is 10.1. The van der Waals surface area contributed by atoms with Crippen molar-refractivity contribution in [3.8, 4) is 0 Å². The van der Waals surface area contributed by atoms with Crippen molar-refractivity contribution in [3.05, 3.63) is 55.5 Å². The van der Waals surface area contributed by atoms with Crippen molar-refractivity contribution in [2.45, 2.75) is 0 Å². The average molecular weight is 477 g/mol. The summed E-state index contributed by atoms with van der Waals surface area (Å²) in [4.78, 5) is 37.5. The summed E-state index contributed by atoms with van der Waals surface area (Å²) in [5, 5.41) is 2.31.